The van der Waals surface area contributed by atoms with E-state index in [1.54, 1.807) is 0 Å². The van der Waals surface area contributed by atoms with Crippen molar-refractivity contribution in [2.75, 3.05) is 33.3 Å². The quantitative estimate of drug-likeness (QED) is 0.369. The molecule has 1 fully saturated rings. The molecule has 2 atom stereocenters. The van der Waals surface area contributed by atoms with Crippen LogP contribution in [-0.4, -0.2) is 82.9 Å². The van der Waals surface area contributed by atoms with E-state index in [1.165, 1.54) is 4.90 Å². The fourth-order valence-corrected chi connectivity index (χ4v) is 5.86. The number of alkyl carbamates (subject to hydrolysis) is 1. The number of β-amino-alcohol motifs (C(OH)–C–C–N with tert-alkyl or cyclic N) is 1. The summed E-state index contributed by atoms with van der Waals surface area (Å²) in [7, 11) is 1.84. The fourth-order valence-electron chi connectivity index (χ4n) is 5.86. The Morgan fingerprint density at radius 2 is 1.61 bits per heavy atom. The van der Waals surface area contributed by atoms with E-state index < -0.39 is 29.6 Å². The van der Waals surface area contributed by atoms with Crippen molar-refractivity contribution < 1.29 is 29.3 Å². The van der Waals surface area contributed by atoms with Crippen LogP contribution >= 0.6 is 0 Å². The molecule has 3 aromatic carbocycles. The topological polar surface area (TPSA) is 119 Å². The summed E-state index contributed by atoms with van der Waals surface area (Å²) in [6, 6.07) is 24.8. The second-order valence-corrected chi connectivity index (χ2v) is 10.9. The van der Waals surface area contributed by atoms with E-state index in [-0.39, 0.29) is 32.0 Å². The lowest BCUT2D eigenvalue weighted by atomic mass is 9.92. The number of amides is 2. The van der Waals surface area contributed by atoms with Gasteiger partial charge in [-0.1, -0.05) is 78.9 Å². The van der Waals surface area contributed by atoms with Gasteiger partial charge in [-0.05, 0) is 47.7 Å². The predicted octanol–water partition coefficient (Wildman–Crippen LogP) is 3.46. The standard InChI is InChI=1S/C32H35N3O6/c1-34(18-22-10-3-2-4-11-22)19-28(29(36)35-17-9-16-32(40,21-35)30(37)38)33-31(39)41-20-27-25-14-7-5-12-23(25)24-13-6-8-15-26(24)27/h2-8,10-15,27-28,40H,9,16-21H2,1H3,(H,33,39)(H,37,38). The average molecular weight is 558 g/mol. The number of carboxylic acid groups (broad SMARTS) is 1. The number of hydrogen-bond acceptors (Lipinski definition) is 6. The van der Waals surface area contributed by atoms with Crippen molar-refractivity contribution in [1.29, 1.82) is 0 Å². The van der Waals surface area contributed by atoms with Gasteiger partial charge in [0.1, 0.15) is 12.6 Å². The van der Waals surface area contributed by atoms with Gasteiger partial charge in [0.05, 0.1) is 6.54 Å². The number of carbonyl (C=O) groups is 3. The van der Waals surface area contributed by atoms with Crippen molar-refractivity contribution in [3.8, 4) is 11.1 Å². The molecule has 1 saturated heterocycles. The Morgan fingerprint density at radius 3 is 2.24 bits per heavy atom. The van der Waals surface area contributed by atoms with Gasteiger partial charge in [0, 0.05) is 25.6 Å². The van der Waals surface area contributed by atoms with Crippen LogP contribution in [-0.2, 0) is 20.9 Å². The lowest BCUT2D eigenvalue weighted by Gasteiger charge is -2.38. The Balaban J connectivity index is 1.29. The minimum Gasteiger partial charge on any atom is -0.479 e. The number of nitrogens with zero attached hydrogens (tertiary/aromatic N) is 2. The fraction of sp³-hybridized carbons (Fsp3) is 0.344. The number of aliphatic carboxylic acids is 1. The first-order chi connectivity index (χ1) is 19.7. The Kier molecular flexibility index (Phi) is 8.37. The number of carboxylic acids is 1. The molecule has 3 N–H and O–H groups in total. The van der Waals surface area contributed by atoms with Gasteiger partial charge < -0.3 is 25.2 Å². The lowest BCUT2D eigenvalue weighted by Crippen LogP contribution is -2.60. The maximum Gasteiger partial charge on any atom is 0.407 e. The Bertz CT molecular complexity index is 1370. The third kappa shape index (κ3) is 6.26. The number of aliphatic hydroxyl groups is 1. The summed E-state index contributed by atoms with van der Waals surface area (Å²) in [5.74, 6) is -1.95. The first kappa shape index (κ1) is 28.3. The number of likely N-dealkylation sites (N-methyl/N-ethyl adjacent to an activating group) is 1. The number of hydrogen-bond donors (Lipinski definition) is 3. The van der Waals surface area contributed by atoms with Crippen LogP contribution in [0.3, 0.4) is 0 Å². The largest absolute Gasteiger partial charge is 0.479 e. The molecule has 0 aromatic heterocycles. The highest BCUT2D eigenvalue weighted by Crippen LogP contribution is 2.44. The molecule has 9 nitrogen and oxygen atoms in total. The SMILES string of the molecule is CN(Cc1ccccc1)CC(NC(=O)OCC1c2ccccc2-c2ccccc21)C(=O)N1CCCC(O)(C(=O)O)C1. The van der Waals surface area contributed by atoms with Crippen molar-refractivity contribution >= 4 is 18.0 Å². The van der Waals surface area contributed by atoms with Crippen LogP contribution in [0.15, 0.2) is 78.9 Å². The second-order valence-electron chi connectivity index (χ2n) is 10.9. The van der Waals surface area contributed by atoms with Crippen molar-refractivity contribution in [1.82, 2.24) is 15.1 Å². The number of nitrogens with one attached hydrogen (secondary N) is 1. The van der Waals surface area contributed by atoms with E-state index in [0.29, 0.717) is 19.5 Å². The summed E-state index contributed by atoms with van der Waals surface area (Å²) in [5, 5.41) is 22.8. The Labute approximate surface area is 239 Å². The Morgan fingerprint density at radius 1 is 1.00 bits per heavy atom. The Hall–Kier alpha value is -4.21. The van der Waals surface area contributed by atoms with Gasteiger partial charge in [-0.2, -0.15) is 0 Å². The number of piperidine rings is 1. The number of carbonyl (C=O) groups excluding carboxylic acids is 2. The molecule has 0 radical (unpaired) electrons. The van der Waals surface area contributed by atoms with E-state index >= 15 is 0 Å². The van der Waals surface area contributed by atoms with Crippen LogP contribution < -0.4 is 5.32 Å². The number of rotatable bonds is 9. The van der Waals surface area contributed by atoms with Crippen LogP contribution in [0.2, 0.25) is 0 Å². The van der Waals surface area contributed by atoms with E-state index in [4.69, 9.17) is 4.74 Å². The van der Waals surface area contributed by atoms with Crippen LogP contribution in [0.1, 0.15) is 35.4 Å². The van der Waals surface area contributed by atoms with Crippen LogP contribution in [0, 0.1) is 0 Å². The molecule has 214 valence electrons. The summed E-state index contributed by atoms with van der Waals surface area (Å²) in [5.41, 5.74) is 3.42. The minimum absolute atomic E-state index is 0.0600. The summed E-state index contributed by atoms with van der Waals surface area (Å²) >= 11 is 0. The van der Waals surface area contributed by atoms with Gasteiger partial charge >= 0.3 is 12.1 Å². The van der Waals surface area contributed by atoms with Gasteiger partial charge in [-0.15, -0.1) is 0 Å². The third-order valence-electron chi connectivity index (χ3n) is 7.90. The van der Waals surface area contributed by atoms with Gasteiger partial charge in [-0.3, -0.25) is 9.69 Å². The maximum atomic E-state index is 13.6. The number of benzene rings is 3. The van der Waals surface area contributed by atoms with Gasteiger partial charge in [-0.25, -0.2) is 9.59 Å². The molecule has 2 aliphatic rings. The summed E-state index contributed by atoms with van der Waals surface area (Å²) in [6.07, 6.45) is -0.333. The number of ether oxygens (including phenoxy) is 1. The summed E-state index contributed by atoms with van der Waals surface area (Å²) in [6.45, 7) is 0.755. The molecular weight excluding hydrogens is 522 g/mol. The molecule has 0 spiro atoms. The van der Waals surface area contributed by atoms with Gasteiger partial charge in [0.25, 0.3) is 0 Å². The zero-order valence-corrected chi connectivity index (χ0v) is 23.0. The van der Waals surface area contributed by atoms with Crippen molar-refractivity contribution in [3.63, 3.8) is 0 Å². The first-order valence-corrected chi connectivity index (χ1v) is 13.8. The van der Waals surface area contributed by atoms with E-state index in [9.17, 15) is 24.6 Å². The normalized spacial score (nSPS) is 18.9. The minimum atomic E-state index is -2.02. The van der Waals surface area contributed by atoms with Crippen LogP contribution in [0.25, 0.3) is 11.1 Å². The average Bonchev–Trinajstić information content (AvgIpc) is 3.29. The summed E-state index contributed by atoms with van der Waals surface area (Å²) in [4.78, 5) is 41.7. The van der Waals surface area contributed by atoms with Crippen LogP contribution in [0.4, 0.5) is 4.79 Å². The van der Waals surface area contributed by atoms with Gasteiger partial charge in [0.15, 0.2) is 5.60 Å². The first-order valence-electron chi connectivity index (χ1n) is 13.8. The second kappa shape index (κ2) is 12.1. The molecular formula is C32H35N3O6. The number of likely N-dealkylation sites (tertiary alicyclic amines) is 1. The van der Waals surface area contributed by atoms with Crippen LogP contribution in [0.5, 0.6) is 0 Å². The molecule has 2 unspecified atom stereocenters. The lowest BCUT2D eigenvalue weighted by molar-refractivity contribution is -0.167. The molecule has 41 heavy (non-hydrogen) atoms. The van der Waals surface area contributed by atoms with Crippen molar-refractivity contribution in [3.05, 3.63) is 95.6 Å². The maximum absolute atomic E-state index is 13.6. The number of fused-ring (bicyclic) bond motifs is 3. The van der Waals surface area contributed by atoms with E-state index in [2.05, 4.69) is 17.4 Å². The third-order valence-corrected chi connectivity index (χ3v) is 7.90. The highest BCUT2D eigenvalue weighted by Gasteiger charge is 2.43. The van der Waals surface area contributed by atoms with Gasteiger partial charge in [0.2, 0.25) is 5.91 Å². The molecule has 5 rings (SSSR count). The zero-order chi connectivity index (χ0) is 29.0. The summed E-state index contributed by atoms with van der Waals surface area (Å²) < 4.78 is 5.70. The molecule has 3 aromatic rings. The highest BCUT2D eigenvalue weighted by molar-refractivity contribution is 5.87. The predicted molar refractivity (Wildman–Crippen MR) is 153 cm³/mol. The molecule has 1 heterocycles. The molecule has 0 bridgehead atoms. The molecule has 1 aliphatic carbocycles. The van der Waals surface area contributed by atoms with E-state index in [1.807, 2.05) is 78.7 Å². The van der Waals surface area contributed by atoms with E-state index in [0.717, 1.165) is 27.8 Å². The smallest absolute Gasteiger partial charge is 0.407 e. The van der Waals surface area contributed by atoms with Crippen molar-refractivity contribution in [2.24, 2.45) is 0 Å². The highest BCUT2D eigenvalue weighted by atomic mass is 16.5. The molecule has 0 saturated carbocycles. The molecule has 9 heteroatoms. The molecule has 2 amide bonds. The zero-order valence-electron chi connectivity index (χ0n) is 23.0. The molecule has 1 aliphatic heterocycles. The monoisotopic (exact) mass is 557 g/mol. The van der Waals surface area contributed by atoms with Crippen molar-refractivity contribution in [2.45, 2.75) is 36.9 Å².